The number of carbonyl (C=O) groups excluding carboxylic acids is 1. The predicted molar refractivity (Wildman–Crippen MR) is 136 cm³/mol. The third-order valence-electron chi connectivity index (χ3n) is 5.44. The van der Waals surface area contributed by atoms with Crippen molar-refractivity contribution in [3.63, 3.8) is 0 Å². The van der Waals surface area contributed by atoms with Crippen LogP contribution in [0.15, 0.2) is 74.5 Å². The molecule has 0 fully saturated rings. The minimum atomic E-state index is -0.603. The van der Waals surface area contributed by atoms with E-state index in [1.54, 1.807) is 30.2 Å². The topological polar surface area (TPSA) is 69.9 Å². The summed E-state index contributed by atoms with van der Waals surface area (Å²) < 4.78 is 13.0. The predicted octanol–water partition coefficient (Wildman–Crippen LogP) is 3.92. The first-order valence-electron chi connectivity index (χ1n) is 11.0. The Kier molecular flexibility index (Phi) is 7.38. The molecule has 0 saturated heterocycles. The molecular weight excluding hydrogens is 468 g/mol. The molecule has 2 heterocycles. The number of benzene rings is 2. The molecule has 176 valence electrons. The summed E-state index contributed by atoms with van der Waals surface area (Å²) in [6.45, 7) is 6.33. The highest BCUT2D eigenvalue weighted by Crippen LogP contribution is 2.31. The summed E-state index contributed by atoms with van der Waals surface area (Å²) in [5.41, 5.74) is 2.48. The number of ether oxygens (including phenoxy) is 2. The molecule has 0 radical (unpaired) electrons. The second-order valence-corrected chi connectivity index (χ2v) is 9.47. The van der Waals surface area contributed by atoms with Crippen LogP contribution in [0.1, 0.15) is 37.9 Å². The maximum atomic E-state index is 13.6. The van der Waals surface area contributed by atoms with Gasteiger partial charge in [0.2, 0.25) is 0 Å². The molecule has 4 rings (SSSR count). The average molecular weight is 495 g/mol. The van der Waals surface area contributed by atoms with Gasteiger partial charge in [0, 0.05) is 4.90 Å². The zero-order valence-electron chi connectivity index (χ0n) is 19.5. The first-order valence-corrected chi connectivity index (χ1v) is 13.1. The first-order chi connectivity index (χ1) is 16.5. The van der Waals surface area contributed by atoms with Gasteiger partial charge in [-0.05, 0) is 68.5 Å². The highest BCUT2D eigenvalue weighted by Gasteiger charge is 2.33. The molecule has 3 aromatic rings. The van der Waals surface area contributed by atoms with Crippen molar-refractivity contribution in [1.29, 1.82) is 0 Å². The maximum absolute atomic E-state index is 13.6. The molecule has 2 aromatic carbocycles. The number of fused-ring (bicyclic) bond motifs is 1. The van der Waals surface area contributed by atoms with Crippen LogP contribution in [-0.4, -0.2) is 30.0 Å². The van der Waals surface area contributed by atoms with Gasteiger partial charge in [0.05, 0.1) is 35.1 Å². The summed E-state index contributed by atoms with van der Waals surface area (Å²) in [6, 6.07) is 14.9. The minimum Gasteiger partial charge on any atom is -0.494 e. The lowest BCUT2D eigenvalue weighted by atomic mass is 9.96. The summed E-state index contributed by atoms with van der Waals surface area (Å²) in [4.78, 5) is 32.8. The third-order valence-corrected chi connectivity index (χ3v) is 7.16. The van der Waals surface area contributed by atoms with Crippen LogP contribution >= 0.6 is 23.1 Å². The third kappa shape index (κ3) is 4.74. The molecular formula is C26H26N2O4S2. The molecule has 1 aliphatic heterocycles. The zero-order valence-corrected chi connectivity index (χ0v) is 21.2. The Morgan fingerprint density at radius 2 is 1.82 bits per heavy atom. The van der Waals surface area contributed by atoms with Crippen LogP contribution in [0.2, 0.25) is 0 Å². The molecule has 0 aliphatic carbocycles. The first kappa shape index (κ1) is 24.0. The SMILES string of the molecule is CCOC(=O)C1=C(C)N=c2sc(=Cc3ccc(OCC)cc3)c(=O)n2C1c1ccc(SC)cc1. The van der Waals surface area contributed by atoms with Crippen molar-refractivity contribution >= 4 is 35.1 Å². The fourth-order valence-corrected chi connectivity index (χ4v) is 5.33. The number of allylic oxidation sites excluding steroid dienone is 1. The van der Waals surface area contributed by atoms with Gasteiger partial charge in [-0.3, -0.25) is 9.36 Å². The Morgan fingerprint density at radius 3 is 2.44 bits per heavy atom. The van der Waals surface area contributed by atoms with E-state index in [1.165, 1.54) is 11.3 Å². The van der Waals surface area contributed by atoms with Gasteiger partial charge >= 0.3 is 5.97 Å². The molecule has 8 heteroatoms. The summed E-state index contributed by atoms with van der Waals surface area (Å²) in [5.74, 6) is 0.327. The fraction of sp³-hybridized carbons (Fsp3) is 0.269. The molecule has 0 saturated carbocycles. The molecule has 1 atom stereocenters. The van der Waals surface area contributed by atoms with Crippen molar-refractivity contribution in [2.24, 2.45) is 4.99 Å². The van der Waals surface area contributed by atoms with E-state index in [0.717, 1.165) is 21.8 Å². The Bertz CT molecular complexity index is 1400. The van der Waals surface area contributed by atoms with Crippen LogP contribution in [0, 0.1) is 0 Å². The normalized spacial score (nSPS) is 15.6. The number of thioether (sulfide) groups is 1. The highest BCUT2D eigenvalue weighted by molar-refractivity contribution is 7.98. The van der Waals surface area contributed by atoms with E-state index in [9.17, 15) is 9.59 Å². The van der Waals surface area contributed by atoms with Gasteiger partial charge in [-0.25, -0.2) is 9.79 Å². The van der Waals surface area contributed by atoms with Crippen molar-refractivity contribution in [2.45, 2.75) is 31.7 Å². The lowest BCUT2D eigenvalue weighted by Crippen LogP contribution is -2.39. The number of hydrogen-bond acceptors (Lipinski definition) is 7. The highest BCUT2D eigenvalue weighted by atomic mass is 32.2. The molecule has 1 aromatic heterocycles. The van der Waals surface area contributed by atoms with Gasteiger partial charge in [-0.1, -0.05) is 35.6 Å². The Hall–Kier alpha value is -3.10. The van der Waals surface area contributed by atoms with Gasteiger partial charge in [0.25, 0.3) is 5.56 Å². The smallest absolute Gasteiger partial charge is 0.338 e. The number of aromatic nitrogens is 1. The van der Waals surface area contributed by atoms with Gasteiger partial charge in [0.15, 0.2) is 4.80 Å². The number of nitrogens with zero attached hydrogens (tertiary/aromatic N) is 2. The quantitative estimate of drug-likeness (QED) is 0.368. The fourth-order valence-electron chi connectivity index (χ4n) is 3.87. The maximum Gasteiger partial charge on any atom is 0.338 e. The summed E-state index contributed by atoms with van der Waals surface area (Å²) in [5, 5.41) is 0. The van der Waals surface area contributed by atoms with E-state index in [4.69, 9.17) is 9.47 Å². The molecule has 1 unspecified atom stereocenters. The summed E-state index contributed by atoms with van der Waals surface area (Å²) in [6.07, 6.45) is 3.85. The Balaban J connectivity index is 1.87. The molecule has 0 spiro atoms. The van der Waals surface area contributed by atoms with E-state index in [1.807, 2.05) is 67.8 Å². The largest absolute Gasteiger partial charge is 0.494 e. The molecule has 1 aliphatic rings. The van der Waals surface area contributed by atoms with Gasteiger partial charge < -0.3 is 9.47 Å². The zero-order chi connectivity index (χ0) is 24.2. The van der Waals surface area contributed by atoms with Gasteiger partial charge in [-0.2, -0.15) is 0 Å². The number of hydrogen-bond donors (Lipinski definition) is 0. The second kappa shape index (κ2) is 10.4. The molecule has 6 nitrogen and oxygen atoms in total. The van der Waals surface area contributed by atoms with Crippen molar-refractivity contribution in [3.05, 3.63) is 90.6 Å². The second-order valence-electron chi connectivity index (χ2n) is 7.58. The Labute approximate surface area is 206 Å². The van der Waals surface area contributed by atoms with E-state index < -0.39 is 12.0 Å². The monoisotopic (exact) mass is 494 g/mol. The van der Waals surface area contributed by atoms with Crippen molar-refractivity contribution < 1.29 is 14.3 Å². The Morgan fingerprint density at radius 1 is 1.12 bits per heavy atom. The van der Waals surface area contributed by atoms with E-state index in [-0.39, 0.29) is 12.2 Å². The van der Waals surface area contributed by atoms with E-state index >= 15 is 0 Å². The lowest BCUT2D eigenvalue weighted by Gasteiger charge is -2.24. The summed E-state index contributed by atoms with van der Waals surface area (Å²) >= 11 is 2.95. The number of esters is 1. The van der Waals surface area contributed by atoms with Crippen molar-refractivity contribution in [1.82, 2.24) is 4.57 Å². The van der Waals surface area contributed by atoms with Crippen molar-refractivity contribution in [3.8, 4) is 5.75 Å². The number of thiazole rings is 1. The van der Waals surface area contributed by atoms with Crippen LogP contribution in [0.5, 0.6) is 5.75 Å². The standard InChI is InChI=1S/C26H26N2O4S2/c1-5-31-19-11-7-17(8-12-19)15-21-24(29)28-23(18-9-13-20(33-4)14-10-18)22(25(30)32-6-2)16(3)27-26(28)34-21/h7-15,23H,5-6H2,1-4H3. The van der Waals surface area contributed by atoms with Gasteiger partial charge in [-0.15, -0.1) is 11.8 Å². The minimum absolute atomic E-state index is 0.189. The average Bonchev–Trinajstić information content (AvgIpc) is 3.14. The molecule has 34 heavy (non-hydrogen) atoms. The molecule has 0 bridgehead atoms. The number of carbonyl (C=O) groups is 1. The van der Waals surface area contributed by atoms with Crippen molar-refractivity contribution in [2.75, 3.05) is 19.5 Å². The molecule has 0 amide bonds. The van der Waals surface area contributed by atoms with Crippen LogP contribution < -0.4 is 19.6 Å². The van der Waals surface area contributed by atoms with Crippen LogP contribution in [-0.2, 0) is 9.53 Å². The van der Waals surface area contributed by atoms with Crippen LogP contribution in [0.4, 0.5) is 0 Å². The van der Waals surface area contributed by atoms with E-state index in [0.29, 0.717) is 27.2 Å². The molecule has 0 N–H and O–H groups in total. The van der Waals surface area contributed by atoms with Crippen LogP contribution in [0.3, 0.4) is 0 Å². The number of rotatable bonds is 7. The van der Waals surface area contributed by atoms with Crippen LogP contribution in [0.25, 0.3) is 6.08 Å². The van der Waals surface area contributed by atoms with E-state index in [2.05, 4.69) is 4.99 Å². The summed E-state index contributed by atoms with van der Waals surface area (Å²) in [7, 11) is 0. The lowest BCUT2D eigenvalue weighted by molar-refractivity contribution is -0.139. The van der Waals surface area contributed by atoms with Gasteiger partial charge in [0.1, 0.15) is 5.75 Å².